The number of fused-ring (bicyclic) bond motifs is 6. The molecule has 0 spiro atoms. The molecule has 4 atom stereocenters. The zero-order valence-electron chi connectivity index (χ0n) is 16.7. The van der Waals surface area contributed by atoms with Crippen molar-refractivity contribution in [2.75, 3.05) is 12.0 Å². The molecule has 3 saturated heterocycles. The molecule has 3 aliphatic heterocycles. The van der Waals surface area contributed by atoms with Crippen LogP contribution in [0.25, 0.3) is 10.8 Å². The smallest absolute Gasteiger partial charge is 0.308 e. The second-order valence-corrected chi connectivity index (χ2v) is 8.49. The predicted octanol–water partition coefficient (Wildman–Crippen LogP) is 2.70. The van der Waals surface area contributed by atoms with Crippen molar-refractivity contribution in [2.45, 2.75) is 37.4 Å². The number of methoxy groups -OCH3 is 1. The molecule has 0 N–H and O–H groups in total. The first kappa shape index (κ1) is 18.8. The van der Waals surface area contributed by atoms with Gasteiger partial charge in [0.15, 0.2) is 0 Å². The first-order valence-corrected chi connectivity index (χ1v) is 9.92. The van der Waals surface area contributed by atoms with Crippen molar-refractivity contribution >= 4 is 34.2 Å². The standard InChI is InChI=1S/C23H20N2O5/c1-22-9-10-23(30-22,11-17(26)29-2)19-18(22)20(27)25(21(19)28)16-8-7-13(12-24)14-5-3-4-6-15(14)16/h3-8,18-19H,9-11H2,1-2H3/t18-,19+,22?,23?/m1/s1. The van der Waals surface area contributed by atoms with Crippen LogP contribution in [-0.4, -0.2) is 36.1 Å². The van der Waals surface area contributed by atoms with E-state index in [2.05, 4.69) is 6.07 Å². The van der Waals surface area contributed by atoms with Crippen molar-refractivity contribution in [1.29, 1.82) is 5.26 Å². The lowest BCUT2D eigenvalue weighted by atomic mass is 9.67. The van der Waals surface area contributed by atoms with E-state index in [0.717, 1.165) is 0 Å². The quantitative estimate of drug-likeness (QED) is 0.576. The van der Waals surface area contributed by atoms with E-state index in [9.17, 15) is 19.6 Å². The first-order valence-electron chi connectivity index (χ1n) is 9.92. The van der Waals surface area contributed by atoms with Gasteiger partial charge in [-0.05, 0) is 31.9 Å². The Hall–Kier alpha value is -3.24. The Bertz CT molecular complexity index is 1170. The van der Waals surface area contributed by atoms with Crippen LogP contribution in [0.4, 0.5) is 5.69 Å². The van der Waals surface area contributed by atoms with Crippen molar-refractivity contribution in [3.05, 3.63) is 42.0 Å². The van der Waals surface area contributed by atoms with Gasteiger partial charge in [-0.15, -0.1) is 0 Å². The number of carbonyl (C=O) groups is 3. The van der Waals surface area contributed by atoms with Gasteiger partial charge >= 0.3 is 5.97 Å². The van der Waals surface area contributed by atoms with E-state index < -0.39 is 29.0 Å². The van der Waals surface area contributed by atoms with Gasteiger partial charge < -0.3 is 9.47 Å². The van der Waals surface area contributed by atoms with Crippen molar-refractivity contribution < 1.29 is 23.9 Å². The number of nitrogens with zero attached hydrogens (tertiary/aromatic N) is 2. The molecule has 2 amide bonds. The Morgan fingerprint density at radius 1 is 1.17 bits per heavy atom. The monoisotopic (exact) mass is 404 g/mol. The third kappa shape index (κ3) is 2.25. The fourth-order valence-electron chi connectivity index (χ4n) is 5.64. The molecule has 7 nitrogen and oxygen atoms in total. The summed E-state index contributed by atoms with van der Waals surface area (Å²) in [4.78, 5) is 40.5. The highest BCUT2D eigenvalue weighted by atomic mass is 16.6. The molecule has 3 aliphatic rings. The third-order valence-electron chi connectivity index (χ3n) is 6.95. The summed E-state index contributed by atoms with van der Waals surface area (Å²) >= 11 is 0. The van der Waals surface area contributed by atoms with Gasteiger partial charge in [0, 0.05) is 10.8 Å². The zero-order valence-corrected chi connectivity index (χ0v) is 16.7. The molecule has 3 fully saturated rings. The lowest BCUT2D eigenvalue weighted by Crippen LogP contribution is -2.43. The van der Waals surface area contributed by atoms with Crippen LogP contribution in [0.5, 0.6) is 0 Å². The number of amides is 2. The number of benzene rings is 2. The third-order valence-corrected chi connectivity index (χ3v) is 6.95. The number of anilines is 1. The van der Waals surface area contributed by atoms with Crippen LogP contribution in [0, 0.1) is 23.2 Å². The summed E-state index contributed by atoms with van der Waals surface area (Å²) < 4.78 is 11.1. The molecular weight excluding hydrogens is 384 g/mol. The molecule has 2 aromatic carbocycles. The molecule has 7 heteroatoms. The van der Waals surface area contributed by atoms with Crippen LogP contribution in [0.2, 0.25) is 0 Å². The molecule has 0 aliphatic carbocycles. The van der Waals surface area contributed by atoms with E-state index in [0.29, 0.717) is 34.9 Å². The maximum atomic E-state index is 13.6. The number of hydrogen-bond acceptors (Lipinski definition) is 6. The van der Waals surface area contributed by atoms with Crippen molar-refractivity contribution in [3.8, 4) is 6.07 Å². The van der Waals surface area contributed by atoms with E-state index in [-0.39, 0.29) is 18.2 Å². The van der Waals surface area contributed by atoms with Gasteiger partial charge in [0.1, 0.15) is 0 Å². The number of imide groups is 1. The van der Waals surface area contributed by atoms with Crippen LogP contribution < -0.4 is 4.90 Å². The molecule has 2 bridgehead atoms. The van der Waals surface area contributed by atoms with E-state index in [4.69, 9.17) is 9.47 Å². The Kier molecular flexibility index (Phi) is 3.83. The van der Waals surface area contributed by atoms with Gasteiger partial charge in [0.2, 0.25) is 11.8 Å². The summed E-state index contributed by atoms with van der Waals surface area (Å²) in [5, 5.41) is 10.8. The van der Waals surface area contributed by atoms with Gasteiger partial charge in [-0.2, -0.15) is 5.26 Å². The average Bonchev–Trinajstić information content (AvgIpc) is 3.31. The second kappa shape index (κ2) is 6.13. The average molecular weight is 404 g/mol. The minimum Gasteiger partial charge on any atom is -0.469 e. The molecule has 0 saturated carbocycles. The first-order chi connectivity index (χ1) is 14.3. The van der Waals surface area contributed by atoms with Crippen LogP contribution >= 0.6 is 0 Å². The number of rotatable bonds is 3. The van der Waals surface area contributed by atoms with Gasteiger partial charge in [-0.25, -0.2) is 4.90 Å². The summed E-state index contributed by atoms with van der Waals surface area (Å²) in [5.41, 5.74) is -0.865. The van der Waals surface area contributed by atoms with Gasteiger partial charge in [0.25, 0.3) is 0 Å². The van der Waals surface area contributed by atoms with Crippen LogP contribution in [-0.2, 0) is 23.9 Å². The summed E-state index contributed by atoms with van der Waals surface area (Å²) in [6.45, 7) is 1.85. The molecule has 0 aromatic heterocycles. The normalized spacial score (nSPS) is 31.8. The van der Waals surface area contributed by atoms with Gasteiger partial charge in [-0.3, -0.25) is 14.4 Å². The second-order valence-electron chi connectivity index (χ2n) is 8.49. The number of esters is 1. The highest BCUT2D eigenvalue weighted by Crippen LogP contribution is 2.62. The number of ether oxygens (including phenoxy) is 2. The van der Waals surface area contributed by atoms with E-state index in [1.54, 1.807) is 24.3 Å². The summed E-state index contributed by atoms with van der Waals surface area (Å²) in [6.07, 6.45) is 1.08. The molecule has 3 heterocycles. The van der Waals surface area contributed by atoms with Crippen LogP contribution in [0.15, 0.2) is 36.4 Å². The van der Waals surface area contributed by atoms with Crippen molar-refractivity contribution in [1.82, 2.24) is 0 Å². The Labute approximate surface area is 173 Å². The molecule has 30 heavy (non-hydrogen) atoms. The van der Waals surface area contributed by atoms with E-state index in [1.165, 1.54) is 12.0 Å². The summed E-state index contributed by atoms with van der Waals surface area (Å²) in [5.74, 6) is -2.49. The Balaban J connectivity index is 1.64. The minimum absolute atomic E-state index is 0.0543. The summed E-state index contributed by atoms with van der Waals surface area (Å²) in [7, 11) is 1.30. The van der Waals surface area contributed by atoms with E-state index in [1.807, 2.05) is 19.1 Å². The Morgan fingerprint density at radius 3 is 2.57 bits per heavy atom. The fraction of sp³-hybridized carbons (Fsp3) is 0.391. The molecule has 2 aromatic rings. The number of nitriles is 1. The lowest BCUT2D eigenvalue weighted by molar-refractivity contribution is -0.150. The molecule has 152 valence electrons. The molecule has 5 rings (SSSR count). The maximum Gasteiger partial charge on any atom is 0.308 e. The topological polar surface area (TPSA) is 96.7 Å². The SMILES string of the molecule is COC(=O)CC12CCC(C)(O1)[C@H]1C(=O)N(c3ccc(C#N)c4ccccc34)C(=O)[C@H]12. The number of hydrogen-bond donors (Lipinski definition) is 0. The van der Waals surface area contributed by atoms with Gasteiger partial charge in [0.05, 0.1) is 53.9 Å². The van der Waals surface area contributed by atoms with Crippen LogP contribution in [0.3, 0.4) is 0 Å². The highest BCUT2D eigenvalue weighted by Gasteiger charge is 2.74. The molecule has 2 unspecified atom stereocenters. The predicted molar refractivity (Wildman–Crippen MR) is 106 cm³/mol. The number of carbonyl (C=O) groups excluding carboxylic acids is 3. The highest BCUT2D eigenvalue weighted by molar-refractivity contribution is 6.26. The largest absolute Gasteiger partial charge is 0.469 e. The van der Waals surface area contributed by atoms with Crippen molar-refractivity contribution in [3.63, 3.8) is 0 Å². The molecule has 0 radical (unpaired) electrons. The van der Waals surface area contributed by atoms with E-state index >= 15 is 0 Å². The van der Waals surface area contributed by atoms with Crippen molar-refractivity contribution in [2.24, 2.45) is 11.8 Å². The van der Waals surface area contributed by atoms with Crippen LogP contribution in [0.1, 0.15) is 31.7 Å². The minimum atomic E-state index is -1.02. The lowest BCUT2D eigenvalue weighted by Gasteiger charge is -2.30. The summed E-state index contributed by atoms with van der Waals surface area (Å²) in [6, 6.07) is 12.7. The van der Waals surface area contributed by atoms with Gasteiger partial charge in [-0.1, -0.05) is 24.3 Å². The fourth-order valence-corrected chi connectivity index (χ4v) is 5.64. The maximum absolute atomic E-state index is 13.6. The Morgan fingerprint density at radius 2 is 1.87 bits per heavy atom. The zero-order chi connectivity index (χ0) is 21.3. The molecular formula is C23H20N2O5.